The van der Waals surface area contributed by atoms with Gasteiger partial charge in [-0.25, -0.2) is 0 Å². The highest BCUT2D eigenvalue weighted by atomic mass is 16.5. The zero-order valence-corrected chi connectivity index (χ0v) is 14.1. The molecule has 1 aromatic rings. The lowest BCUT2D eigenvalue weighted by Crippen LogP contribution is -2.28. The first kappa shape index (κ1) is 18.8. The topological polar surface area (TPSA) is 84.9 Å². The van der Waals surface area contributed by atoms with E-state index in [1.54, 1.807) is 7.11 Å². The Labute approximate surface area is 136 Å². The van der Waals surface area contributed by atoms with Crippen molar-refractivity contribution in [1.82, 2.24) is 5.32 Å². The fraction of sp³-hybridized carbons (Fsp3) is 0.529. The molecule has 1 aromatic carbocycles. The molecule has 6 nitrogen and oxygen atoms in total. The Morgan fingerprint density at radius 1 is 1.22 bits per heavy atom. The number of amides is 1. The summed E-state index contributed by atoms with van der Waals surface area (Å²) in [6.07, 6.45) is -0.190. The molecular formula is C17H25NO5. The van der Waals surface area contributed by atoms with Gasteiger partial charge in [0.25, 0.3) is 0 Å². The number of ether oxygens (including phenoxy) is 2. The van der Waals surface area contributed by atoms with E-state index in [0.29, 0.717) is 13.2 Å². The van der Waals surface area contributed by atoms with Gasteiger partial charge in [-0.3, -0.25) is 9.59 Å². The minimum absolute atomic E-state index is 0.0227. The van der Waals surface area contributed by atoms with Gasteiger partial charge in [-0.2, -0.15) is 0 Å². The molecule has 0 aliphatic heterocycles. The second-order valence-electron chi connectivity index (χ2n) is 6.20. The number of aliphatic carboxylic acids is 1. The van der Waals surface area contributed by atoms with Gasteiger partial charge in [0.1, 0.15) is 18.1 Å². The van der Waals surface area contributed by atoms with Crippen LogP contribution in [0, 0.1) is 0 Å². The number of hydrogen-bond donors (Lipinski definition) is 2. The predicted molar refractivity (Wildman–Crippen MR) is 87.1 cm³/mol. The van der Waals surface area contributed by atoms with Crippen molar-refractivity contribution < 1.29 is 24.2 Å². The second kappa shape index (κ2) is 8.41. The van der Waals surface area contributed by atoms with Crippen molar-refractivity contribution in [2.45, 2.75) is 39.0 Å². The largest absolute Gasteiger partial charge is 0.497 e. The molecule has 0 aliphatic carbocycles. The molecule has 0 bridgehead atoms. The highest BCUT2D eigenvalue weighted by Crippen LogP contribution is 2.34. The summed E-state index contributed by atoms with van der Waals surface area (Å²) in [5.74, 6) is 0.244. The molecule has 1 rings (SSSR count). The average molecular weight is 323 g/mol. The van der Waals surface area contributed by atoms with Crippen LogP contribution in [-0.2, 0) is 15.0 Å². The Bertz CT molecular complexity index is 548. The molecule has 0 heterocycles. The van der Waals surface area contributed by atoms with Gasteiger partial charge in [-0.1, -0.05) is 20.8 Å². The number of carbonyl (C=O) groups excluding carboxylic acids is 1. The van der Waals surface area contributed by atoms with Gasteiger partial charge in [0, 0.05) is 12.0 Å². The summed E-state index contributed by atoms with van der Waals surface area (Å²) in [5.41, 5.74) is 0.920. The van der Waals surface area contributed by atoms with Gasteiger partial charge in [0.2, 0.25) is 5.91 Å². The van der Waals surface area contributed by atoms with E-state index in [1.165, 1.54) is 0 Å². The van der Waals surface area contributed by atoms with Crippen molar-refractivity contribution in [2.24, 2.45) is 0 Å². The zero-order valence-electron chi connectivity index (χ0n) is 14.1. The fourth-order valence-corrected chi connectivity index (χ4v) is 2.01. The Kier molecular flexibility index (Phi) is 6.88. The van der Waals surface area contributed by atoms with E-state index in [-0.39, 0.29) is 24.2 Å². The molecule has 23 heavy (non-hydrogen) atoms. The van der Waals surface area contributed by atoms with Gasteiger partial charge < -0.3 is 19.9 Å². The predicted octanol–water partition coefficient (Wildman–Crippen LogP) is 2.35. The lowest BCUT2D eigenvalue weighted by molar-refractivity contribution is -0.138. The molecule has 0 atom stereocenters. The van der Waals surface area contributed by atoms with Crippen molar-refractivity contribution in [3.05, 3.63) is 23.8 Å². The lowest BCUT2D eigenvalue weighted by Gasteiger charge is -2.23. The monoisotopic (exact) mass is 323 g/mol. The maximum atomic E-state index is 11.4. The lowest BCUT2D eigenvalue weighted by atomic mass is 9.86. The number of hydrogen-bond acceptors (Lipinski definition) is 4. The molecule has 0 saturated heterocycles. The Morgan fingerprint density at radius 2 is 1.91 bits per heavy atom. The van der Waals surface area contributed by atoms with E-state index in [4.69, 9.17) is 14.6 Å². The van der Waals surface area contributed by atoms with Crippen molar-refractivity contribution >= 4 is 11.9 Å². The maximum absolute atomic E-state index is 11.4. The van der Waals surface area contributed by atoms with Crippen LogP contribution in [0.5, 0.6) is 11.5 Å². The summed E-state index contributed by atoms with van der Waals surface area (Å²) in [6.45, 7) is 6.90. The number of nitrogens with one attached hydrogen (secondary N) is 1. The van der Waals surface area contributed by atoms with Crippen molar-refractivity contribution in [2.75, 3.05) is 20.3 Å². The van der Waals surface area contributed by atoms with E-state index in [0.717, 1.165) is 17.1 Å². The standard InChI is InChI=1S/C17H25NO5/c1-17(2,3)13-11-12(22-4)5-6-14(13)23-10-9-18-15(19)7-8-16(20)21/h5-6,11H,7-10H2,1-4H3,(H,18,19)(H,20,21). The normalized spacial score (nSPS) is 11.0. The number of carboxylic acids is 1. The zero-order chi connectivity index (χ0) is 17.5. The van der Waals surface area contributed by atoms with Crippen molar-refractivity contribution in [3.63, 3.8) is 0 Å². The summed E-state index contributed by atoms with van der Waals surface area (Å²) < 4.78 is 11.0. The third-order valence-electron chi connectivity index (χ3n) is 3.24. The van der Waals surface area contributed by atoms with Gasteiger partial charge in [0.05, 0.1) is 20.1 Å². The number of carbonyl (C=O) groups is 2. The third-order valence-corrected chi connectivity index (χ3v) is 3.24. The summed E-state index contributed by atoms with van der Waals surface area (Å²) in [4.78, 5) is 21.8. The number of methoxy groups -OCH3 is 1. The molecule has 0 aliphatic rings. The van der Waals surface area contributed by atoms with Gasteiger partial charge >= 0.3 is 5.97 Å². The smallest absolute Gasteiger partial charge is 0.303 e. The van der Waals surface area contributed by atoms with Crippen LogP contribution in [0.4, 0.5) is 0 Å². The fourth-order valence-electron chi connectivity index (χ4n) is 2.01. The van der Waals surface area contributed by atoms with Crippen molar-refractivity contribution in [3.8, 4) is 11.5 Å². The second-order valence-corrected chi connectivity index (χ2v) is 6.20. The van der Waals surface area contributed by atoms with Gasteiger partial charge in [-0.05, 0) is 23.6 Å². The van der Waals surface area contributed by atoms with Crippen LogP contribution in [0.3, 0.4) is 0 Å². The van der Waals surface area contributed by atoms with E-state index in [9.17, 15) is 9.59 Å². The molecule has 0 saturated carbocycles. The van der Waals surface area contributed by atoms with Crippen LogP contribution in [0.25, 0.3) is 0 Å². The average Bonchev–Trinajstić information content (AvgIpc) is 2.48. The molecule has 128 valence electrons. The highest BCUT2D eigenvalue weighted by molar-refractivity contribution is 5.80. The van der Waals surface area contributed by atoms with Crippen LogP contribution in [-0.4, -0.2) is 37.2 Å². The SMILES string of the molecule is COc1ccc(OCCNC(=O)CCC(=O)O)c(C(C)(C)C)c1. The van der Waals surface area contributed by atoms with Crippen LogP contribution >= 0.6 is 0 Å². The minimum Gasteiger partial charge on any atom is -0.497 e. The van der Waals surface area contributed by atoms with Crippen LogP contribution < -0.4 is 14.8 Å². The number of rotatable bonds is 8. The number of benzene rings is 1. The van der Waals surface area contributed by atoms with Crippen LogP contribution in [0.2, 0.25) is 0 Å². The first-order chi connectivity index (χ1) is 10.7. The van der Waals surface area contributed by atoms with Gasteiger partial charge in [-0.15, -0.1) is 0 Å². The molecule has 0 unspecified atom stereocenters. The van der Waals surface area contributed by atoms with Crippen LogP contribution in [0.1, 0.15) is 39.2 Å². The van der Waals surface area contributed by atoms with E-state index in [1.807, 2.05) is 18.2 Å². The maximum Gasteiger partial charge on any atom is 0.303 e. The molecule has 1 amide bonds. The number of carboxylic acid groups (broad SMARTS) is 1. The molecule has 0 radical (unpaired) electrons. The molecule has 2 N–H and O–H groups in total. The Balaban J connectivity index is 2.55. The highest BCUT2D eigenvalue weighted by Gasteiger charge is 2.20. The van der Waals surface area contributed by atoms with E-state index in [2.05, 4.69) is 26.1 Å². The molecule has 6 heteroatoms. The first-order valence-corrected chi connectivity index (χ1v) is 7.54. The van der Waals surface area contributed by atoms with E-state index < -0.39 is 5.97 Å². The van der Waals surface area contributed by atoms with Crippen molar-refractivity contribution in [1.29, 1.82) is 0 Å². The minimum atomic E-state index is -0.982. The summed E-state index contributed by atoms with van der Waals surface area (Å²) in [6, 6.07) is 5.63. The Hall–Kier alpha value is -2.24. The Morgan fingerprint density at radius 3 is 2.48 bits per heavy atom. The molecule has 0 spiro atoms. The molecule has 0 fully saturated rings. The first-order valence-electron chi connectivity index (χ1n) is 7.54. The van der Waals surface area contributed by atoms with E-state index >= 15 is 0 Å². The third kappa shape index (κ3) is 6.59. The summed E-state index contributed by atoms with van der Waals surface area (Å²) >= 11 is 0. The summed E-state index contributed by atoms with van der Waals surface area (Å²) in [5, 5.41) is 11.2. The quantitative estimate of drug-likeness (QED) is 0.717. The molecular weight excluding hydrogens is 298 g/mol. The van der Waals surface area contributed by atoms with Crippen LogP contribution in [0.15, 0.2) is 18.2 Å². The van der Waals surface area contributed by atoms with Gasteiger partial charge in [0.15, 0.2) is 0 Å². The molecule has 0 aromatic heterocycles. The summed E-state index contributed by atoms with van der Waals surface area (Å²) in [7, 11) is 1.62.